The summed E-state index contributed by atoms with van der Waals surface area (Å²) in [5.74, 6) is -1.18. The molecule has 0 saturated carbocycles. The number of aliphatic hydroxyl groups is 1. The zero-order valence-corrected chi connectivity index (χ0v) is 36.8. The summed E-state index contributed by atoms with van der Waals surface area (Å²) in [6.45, 7) is 8.90. The second-order valence-corrected chi connectivity index (χ2v) is 14.1. The summed E-state index contributed by atoms with van der Waals surface area (Å²) in [7, 11) is 0. The smallest absolute Gasteiger partial charge is 1.00 e. The van der Waals surface area contributed by atoms with Crippen LogP contribution in [0.15, 0.2) is 90.3 Å². The molecule has 0 spiro atoms. The first kappa shape index (κ1) is 48.4. The Labute approximate surface area is 368 Å². The molecule has 306 valence electrons. The minimum Gasteiger partial charge on any atom is -1.00 e. The molecule has 7 atom stereocenters. The average molecular weight is 893 g/mol. The number of ether oxygens (including phenoxy) is 4. The van der Waals surface area contributed by atoms with Crippen LogP contribution in [0, 0.1) is 19.3 Å². The van der Waals surface area contributed by atoms with Gasteiger partial charge in [0.1, 0.15) is 35.2 Å². The van der Waals surface area contributed by atoms with Gasteiger partial charge in [0.05, 0.1) is 31.7 Å². The Hall–Kier alpha value is -4.01. The summed E-state index contributed by atoms with van der Waals surface area (Å²) in [4.78, 5) is 27.6. The predicted octanol–water partition coefficient (Wildman–Crippen LogP) is 1.97. The standard InChI is InChI=1S/C19H23N5O3.C14H18O3.C5H4BrN5.CH3.ClH.Mg/c1-3-14-12(2)16(26-10-13-7-5-4-6-8-13)19(25,27-14)15-9-21-18-17(20)22-11-23-24(15)18;1-3-12-10(2)13(14(15)17-12)16-9-11-7-5-4-6-8-11;6-3-1-8-5-4(7)9-2-10-11(3)5;;;/h4-9,11-12,14,16,25H,3,10H2,1-2H3,(H2,20,22,23);4-8,10,12-13H,3,9H2,1-2H3;1-2H,(H2,7,9,10);1H3;1H;/q;;;-1;;+2/p-1/t12-,14-,16-,19?;10-,12-,13-;;;;/m11..../s1. The van der Waals surface area contributed by atoms with Crippen LogP contribution in [0.1, 0.15) is 57.4 Å². The summed E-state index contributed by atoms with van der Waals surface area (Å²) >= 11 is 3.26. The van der Waals surface area contributed by atoms with Crippen molar-refractivity contribution in [3.8, 4) is 0 Å². The van der Waals surface area contributed by atoms with E-state index in [9.17, 15) is 9.90 Å². The maximum absolute atomic E-state index is 11.6. The zero-order chi connectivity index (χ0) is 39.1. The van der Waals surface area contributed by atoms with Crippen molar-refractivity contribution in [2.45, 2.75) is 84.0 Å². The second-order valence-electron chi connectivity index (χ2n) is 13.3. The van der Waals surface area contributed by atoms with Crippen LogP contribution in [0.3, 0.4) is 0 Å². The third kappa shape index (κ3) is 10.6. The molecule has 2 saturated heterocycles. The first-order valence-electron chi connectivity index (χ1n) is 18.0. The van der Waals surface area contributed by atoms with Crippen LogP contribution in [0.5, 0.6) is 0 Å². The number of imidazole rings is 2. The molecule has 0 aliphatic carbocycles. The van der Waals surface area contributed by atoms with Crippen LogP contribution >= 0.6 is 15.9 Å². The van der Waals surface area contributed by atoms with Crippen molar-refractivity contribution in [2.75, 3.05) is 11.5 Å². The van der Waals surface area contributed by atoms with E-state index in [2.05, 4.69) is 46.1 Å². The molecule has 16 nitrogen and oxygen atoms in total. The largest absolute Gasteiger partial charge is 2.00 e. The number of carbonyl (C=O) groups excluding carboxylic acids is 1. The Kier molecular flexibility index (Phi) is 18.2. The Morgan fingerprint density at radius 1 is 0.793 bits per heavy atom. The van der Waals surface area contributed by atoms with Gasteiger partial charge >= 0.3 is 29.0 Å². The molecule has 0 amide bonds. The normalized spacial score (nSPS) is 23.3. The number of nitrogens with zero attached hydrogens (tertiary/aromatic N) is 8. The molecule has 2 aromatic carbocycles. The number of rotatable bonds is 9. The third-order valence-corrected chi connectivity index (χ3v) is 10.2. The molecule has 0 bridgehead atoms. The third-order valence-electron chi connectivity index (χ3n) is 9.68. The first-order valence-corrected chi connectivity index (χ1v) is 18.8. The van der Waals surface area contributed by atoms with Gasteiger partial charge in [0.15, 0.2) is 29.0 Å². The van der Waals surface area contributed by atoms with Crippen LogP contribution in [0.25, 0.3) is 11.3 Å². The molecule has 19 heteroatoms. The van der Waals surface area contributed by atoms with Gasteiger partial charge in [-0.1, -0.05) is 88.4 Å². The van der Waals surface area contributed by atoms with Gasteiger partial charge in [0.25, 0.3) is 0 Å². The molecule has 6 aromatic rings. The van der Waals surface area contributed by atoms with Gasteiger partial charge in [0, 0.05) is 11.8 Å². The van der Waals surface area contributed by atoms with E-state index in [1.54, 1.807) is 10.7 Å². The van der Waals surface area contributed by atoms with E-state index in [-0.39, 0.29) is 78.7 Å². The number of nitrogen functional groups attached to an aromatic ring is 2. The topological polar surface area (TPSA) is 212 Å². The van der Waals surface area contributed by atoms with Gasteiger partial charge < -0.3 is 55.4 Å². The van der Waals surface area contributed by atoms with Crippen molar-refractivity contribution in [3.63, 3.8) is 0 Å². The summed E-state index contributed by atoms with van der Waals surface area (Å²) in [5, 5.41) is 19.6. The molecule has 1 unspecified atom stereocenters. The zero-order valence-electron chi connectivity index (χ0n) is 33.1. The van der Waals surface area contributed by atoms with Crippen molar-refractivity contribution in [3.05, 3.63) is 115 Å². The quantitative estimate of drug-likeness (QED) is 0.108. The van der Waals surface area contributed by atoms with E-state index in [1.165, 1.54) is 23.4 Å². The summed E-state index contributed by atoms with van der Waals surface area (Å²) < 4.78 is 27.0. The number of cyclic esters (lactones) is 1. The van der Waals surface area contributed by atoms with Gasteiger partial charge in [-0.15, -0.1) is 0 Å². The van der Waals surface area contributed by atoms with Crippen LogP contribution in [0.4, 0.5) is 11.6 Å². The number of halogens is 2. The summed E-state index contributed by atoms with van der Waals surface area (Å²) in [5.41, 5.74) is 14.8. The Balaban J connectivity index is 0.000000249. The van der Waals surface area contributed by atoms with E-state index >= 15 is 0 Å². The Bertz CT molecular complexity index is 2190. The second kappa shape index (κ2) is 21.8. The average Bonchev–Trinajstić information content (AvgIpc) is 3.95. The van der Waals surface area contributed by atoms with Crippen molar-refractivity contribution < 1.29 is 41.3 Å². The van der Waals surface area contributed by atoms with E-state index in [4.69, 9.17) is 30.4 Å². The van der Waals surface area contributed by atoms with E-state index in [1.807, 2.05) is 88.4 Å². The van der Waals surface area contributed by atoms with Gasteiger partial charge in [-0.05, 0) is 39.9 Å². The van der Waals surface area contributed by atoms with Gasteiger partial charge in [-0.25, -0.2) is 33.8 Å². The molecule has 2 aliphatic heterocycles. The Morgan fingerprint density at radius 3 is 1.84 bits per heavy atom. The molecular formula is C39H48BrClMgN10O6. The number of fused-ring (bicyclic) bond motifs is 2. The van der Waals surface area contributed by atoms with Crippen LogP contribution in [0.2, 0.25) is 0 Å². The molecule has 58 heavy (non-hydrogen) atoms. The van der Waals surface area contributed by atoms with Gasteiger partial charge in [-0.2, -0.15) is 10.2 Å². The maximum Gasteiger partial charge on any atom is 2.00 e. The van der Waals surface area contributed by atoms with E-state index < -0.39 is 18.0 Å². The number of esters is 1. The molecule has 4 aromatic heterocycles. The predicted molar refractivity (Wildman–Crippen MR) is 218 cm³/mol. The van der Waals surface area contributed by atoms with E-state index in [0.29, 0.717) is 36.0 Å². The fourth-order valence-corrected chi connectivity index (χ4v) is 7.06. The number of nitrogens with two attached hydrogens (primary N) is 2. The summed E-state index contributed by atoms with van der Waals surface area (Å²) in [6, 6.07) is 19.7. The van der Waals surface area contributed by atoms with Crippen LogP contribution < -0.4 is 23.9 Å². The minimum atomic E-state index is -1.69. The van der Waals surface area contributed by atoms with Crippen LogP contribution in [-0.4, -0.2) is 97.7 Å². The van der Waals surface area contributed by atoms with Crippen LogP contribution in [-0.2, 0) is 42.7 Å². The minimum absolute atomic E-state index is 0. The van der Waals surface area contributed by atoms with Crippen molar-refractivity contribution in [2.24, 2.45) is 11.8 Å². The maximum atomic E-state index is 11.6. The molecule has 2 fully saturated rings. The summed E-state index contributed by atoms with van der Waals surface area (Å²) in [6.07, 6.45) is 6.30. The van der Waals surface area contributed by atoms with Gasteiger partial charge in [-0.3, -0.25) is 0 Å². The number of anilines is 2. The number of hydrogen-bond donors (Lipinski definition) is 3. The molecule has 0 radical (unpaired) electrons. The SMILES string of the molecule is CC[C@H]1OC(=O)[C@H](OCc2ccccc2)[C@@H]1C.CC[C@H]1OC(O)(c2cnc3c(N)ncnn23)[C@H](OCc2ccccc2)[C@@H]1C.Nc1ncnn2c(Br)cnc12.[CH3-].[Cl-].[Mg+2]. The van der Waals surface area contributed by atoms with Crippen molar-refractivity contribution in [1.82, 2.24) is 39.2 Å². The fourth-order valence-electron chi connectivity index (χ4n) is 6.70. The monoisotopic (exact) mass is 890 g/mol. The molecule has 6 heterocycles. The Morgan fingerprint density at radius 2 is 1.31 bits per heavy atom. The molecule has 5 N–H and O–H groups in total. The van der Waals surface area contributed by atoms with Crippen molar-refractivity contribution in [1.29, 1.82) is 0 Å². The number of aromatic nitrogens is 8. The number of carbonyl (C=O) groups is 1. The number of benzene rings is 2. The molecular weight excluding hydrogens is 844 g/mol. The molecule has 8 rings (SSSR count). The number of hydrogen-bond acceptors (Lipinski definition) is 14. The molecule has 2 aliphatic rings. The fraction of sp³-hybridized carbons (Fsp3) is 0.385. The van der Waals surface area contributed by atoms with Crippen molar-refractivity contribution >= 4 is 67.9 Å². The first-order chi connectivity index (χ1) is 26.5. The van der Waals surface area contributed by atoms with Gasteiger partial charge in [0.2, 0.25) is 5.79 Å². The van der Waals surface area contributed by atoms with E-state index in [0.717, 1.165) is 28.6 Å².